The number of thiophene rings is 1. The molecular weight excluding hydrogens is 468 g/mol. The number of aromatic nitrogens is 1. The Morgan fingerprint density at radius 3 is 2.97 bits per heavy atom. The minimum atomic E-state index is -0.584. The SMILES string of the molecule is COC(=O)[C@@H]1CCCN1C(=O)OCC1CCc2c(sc(NC(=O)/C=C/c3cccnc3)c2C#N)C1. The van der Waals surface area contributed by atoms with E-state index in [0.717, 1.165) is 28.8 Å². The molecule has 0 bridgehead atoms. The molecule has 1 aliphatic heterocycles. The summed E-state index contributed by atoms with van der Waals surface area (Å²) in [4.78, 5) is 43.3. The number of ether oxygens (including phenoxy) is 2. The third kappa shape index (κ3) is 5.69. The molecule has 182 valence electrons. The third-order valence-corrected chi connectivity index (χ3v) is 7.40. The van der Waals surface area contributed by atoms with Gasteiger partial charge < -0.3 is 14.8 Å². The van der Waals surface area contributed by atoms with Crippen molar-refractivity contribution in [2.75, 3.05) is 25.6 Å². The van der Waals surface area contributed by atoms with Gasteiger partial charge in [-0.25, -0.2) is 9.59 Å². The second-order valence-corrected chi connectivity index (χ2v) is 9.59. The second-order valence-electron chi connectivity index (χ2n) is 8.49. The van der Waals surface area contributed by atoms with Gasteiger partial charge in [0.15, 0.2) is 0 Å². The molecule has 0 spiro atoms. The average molecular weight is 495 g/mol. The summed E-state index contributed by atoms with van der Waals surface area (Å²) in [6.45, 7) is 0.708. The maximum Gasteiger partial charge on any atom is 0.410 e. The molecule has 1 aliphatic carbocycles. The van der Waals surface area contributed by atoms with E-state index in [1.54, 1.807) is 24.5 Å². The van der Waals surface area contributed by atoms with Gasteiger partial charge in [-0.15, -0.1) is 11.3 Å². The molecule has 9 nitrogen and oxygen atoms in total. The van der Waals surface area contributed by atoms with Gasteiger partial charge in [0.25, 0.3) is 0 Å². The molecule has 0 aromatic carbocycles. The highest BCUT2D eigenvalue weighted by Crippen LogP contribution is 2.39. The van der Waals surface area contributed by atoms with Gasteiger partial charge in [0.1, 0.15) is 17.1 Å². The number of rotatable bonds is 6. The van der Waals surface area contributed by atoms with Gasteiger partial charge >= 0.3 is 12.1 Å². The quantitative estimate of drug-likeness (QED) is 0.481. The zero-order valence-electron chi connectivity index (χ0n) is 19.4. The summed E-state index contributed by atoms with van der Waals surface area (Å²) in [5.74, 6) is -0.640. The number of hydrogen-bond acceptors (Lipinski definition) is 8. The van der Waals surface area contributed by atoms with Crippen LogP contribution in [0.15, 0.2) is 30.6 Å². The van der Waals surface area contributed by atoms with Crippen molar-refractivity contribution in [2.45, 2.75) is 38.1 Å². The number of methoxy groups -OCH3 is 1. The Balaban J connectivity index is 1.35. The summed E-state index contributed by atoms with van der Waals surface area (Å²) in [5.41, 5.74) is 2.26. The Bertz CT molecular complexity index is 1170. The molecule has 1 unspecified atom stereocenters. The van der Waals surface area contributed by atoms with Crippen molar-refractivity contribution in [1.29, 1.82) is 5.26 Å². The van der Waals surface area contributed by atoms with Gasteiger partial charge in [0.2, 0.25) is 5.91 Å². The van der Waals surface area contributed by atoms with Crippen LogP contribution in [0.2, 0.25) is 0 Å². The van der Waals surface area contributed by atoms with Crippen LogP contribution in [0.3, 0.4) is 0 Å². The zero-order valence-corrected chi connectivity index (χ0v) is 20.2. The van der Waals surface area contributed by atoms with Crippen molar-refractivity contribution in [1.82, 2.24) is 9.88 Å². The lowest BCUT2D eigenvalue weighted by atomic mass is 9.88. The standard InChI is InChI=1S/C25H26N4O5S/c1-33-24(31)20-5-3-11-29(20)25(32)34-15-17-6-8-18-19(13-26)23(35-21(18)12-17)28-22(30)9-7-16-4-2-10-27-14-16/h2,4,7,9-10,14,17,20H,3,5-6,8,11-12,15H2,1H3,(H,28,30)/b9-7+/t17?,20-/m0/s1. The number of fused-ring (bicyclic) bond motifs is 1. The van der Waals surface area contributed by atoms with Crippen LogP contribution < -0.4 is 5.32 Å². The molecule has 2 aliphatic rings. The van der Waals surface area contributed by atoms with Gasteiger partial charge in [-0.05, 0) is 61.3 Å². The minimum Gasteiger partial charge on any atom is -0.467 e. The zero-order chi connectivity index (χ0) is 24.8. The molecule has 4 rings (SSSR count). The Morgan fingerprint density at radius 2 is 2.23 bits per heavy atom. The first-order valence-corrected chi connectivity index (χ1v) is 12.3. The first-order chi connectivity index (χ1) is 17.0. The van der Waals surface area contributed by atoms with E-state index in [0.29, 0.717) is 36.4 Å². The molecule has 35 heavy (non-hydrogen) atoms. The van der Waals surface area contributed by atoms with Crippen LogP contribution in [0, 0.1) is 17.2 Å². The van der Waals surface area contributed by atoms with E-state index >= 15 is 0 Å². The number of nitrogens with zero attached hydrogens (tertiary/aromatic N) is 3. The molecule has 0 saturated carbocycles. The highest BCUT2D eigenvalue weighted by atomic mass is 32.1. The maximum absolute atomic E-state index is 12.6. The summed E-state index contributed by atoms with van der Waals surface area (Å²) in [6.07, 6.45) is 9.30. The van der Waals surface area contributed by atoms with Crippen molar-refractivity contribution in [3.05, 3.63) is 52.2 Å². The number of pyridine rings is 1. The predicted octanol–water partition coefficient (Wildman–Crippen LogP) is 3.55. The molecule has 1 N–H and O–H groups in total. The summed E-state index contributed by atoms with van der Waals surface area (Å²) in [7, 11) is 1.31. The monoisotopic (exact) mass is 494 g/mol. The normalized spacial score (nSPS) is 19.1. The number of carbonyl (C=O) groups is 3. The molecule has 0 radical (unpaired) electrons. The van der Waals surface area contributed by atoms with Crippen molar-refractivity contribution < 1.29 is 23.9 Å². The van der Waals surface area contributed by atoms with E-state index in [4.69, 9.17) is 9.47 Å². The van der Waals surface area contributed by atoms with E-state index in [-0.39, 0.29) is 18.4 Å². The van der Waals surface area contributed by atoms with Crippen LogP contribution in [0.5, 0.6) is 0 Å². The lowest BCUT2D eigenvalue weighted by Gasteiger charge is -2.25. The molecule has 1 fully saturated rings. The molecular formula is C25H26N4O5S. The van der Waals surface area contributed by atoms with Gasteiger partial charge in [0.05, 0.1) is 19.3 Å². The highest BCUT2D eigenvalue weighted by Gasteiger charge is 2.36. The van der Waals surface area contributed by atoms with E-state index < -0.39 is 18.1 Å². The second kappa shape index (κ2) is 11.1. The Labute approximate surface area is 207 Å². The molecule has 2 atom stereocenters. The summed E-state index contributed by atoms with van der Waals surface area (Å²) >= 11 is 1.39. The van der Waals surface area contributed by atoms with E-state index in [2.05, 4.69) is 16.4 Å². The number of hydrogen-bond donors (Lipinski definition) is 1. The molecule has 2 amide bonds. The topological polar surface area (TPSA) is 122 Å². The van der Waals surface area contributed by atoms with Crippen molar-refractivity contribution in [2.24, 2.45) is 5.92 Å². The van der Waals surface area contributed by atoms with Crippen molar-refractivity contribution in [3.63, 3.8) is 0 Å². The van der Waals surface area contributed by atoms with E-state index in [1.807, 2.05) is 6.07 Å². The van der Waals surface area contributed by atoms with Crippen LogP contribution in [-0.4, -0.2) is 54.2 Å². The largest absolute Gasteiger partial charge is 0.467 e. The number of nitriles is 1. The Hall–Kier alpha value is -3.71. The summed E-state index contributed by atoms with van der Waals surface area (Å²) in [5, 5.41) is 13.1. The average Bonchev–Trinajstić information content (AvgIpc) is 3.50. The fraction of sp³-hybridized carbons (Fsp3) is 0.400. The fourth-order valence-electron chi connectivity index (χ4n) is 4.44. The van der Waals surface area contributed by atoms with Crippen LogP contribution in [0.1, 0.15) is 40.8 Å². The van der Waals surface area contributed by atoms with Gasteiger partial charge in [-0.2, -0.15) is 5.26 Å². The lowest BCUT2D eigenvalue weighted by Crippen LogP contribution is -2.42. The molecule has 2 aromatic heterocycles. The number of likely N-dealkylation sites (tertiary alicyclic amines) is 1. The maximum atomic E-state index is 12.6. The smallest absolute Gasteiger partial charge is 0.410 e. The number of nitrogens with one attached hydrogen (secondary N) is 1. The summed E-state index contributed by atoms with van der Waals surface area (Å²) in [6, 6.07) is 5.28. The fourth-order valence-corrected chi connectivity index (χ4v) is 5.76. The minimum absolute atomic E-state index is 0.102. The first-order valence-electron chi connectivity index (χ1n) is 11.4. The molecule has 10 heteroatoms. The number of amides is 2. The van der Waals surface area contributed by atoms with Crippen LogP contribution >= 0.6 is 11.3 Å². The Kier molecular flexibility index (Phi) is 7.77. The Morgan fingerprint density at radius 1 is 1.37 bits per heavy atom. The lowest BCUT2D eigenvalue weighted by molar-refractivity contribution is -0.145. The van der Waals surface area contributed by atoms with Crippen molar-refractivity contribution in [3.8, 4) is 6.07 Å². The number of anilines is 1. The van der Waals surface area contributed by atoms with E-state index in [1.165, 1.54) is 29.4 Å². The van der Waals surface area contributed by atoms with E-state index in [9.17, 15) is 19.6 Å². The number of esters is 1. The summed E-state index contributed by atoms with van der Waals surface area (Å²) < 4.78 is 10.3. The first kappa shape index (κ1) is 24.4. The molecule has 2 aromatic rings. The molecule has 3 heterocycles. The van der Waals surface area contributed by atoms with Gasteiger partial charge in [-0.1, -0.05) is 6.07 Å². The van der Waals surface area contributed by atoms with Crippen LogP contribution in [0.4, 0.5) is 9.80 Å². The third-order valence-electron chi connectivity index (χ3n) is 6.23. The highest BCUT2D eigenvalue weighted by molar-refractivity contribution is 7.16. The predicted molar refractivity (Wildman–Crippen MR) is 130 cm³/mol. The van der Waals surface area contributed by atoms with Gasteiger partial charge in [-0.3, -0.25) is 14.7 Å². The van der Waals surface area contributed by atoms with Crippen LogP contribution in [-0.2, 0) is 31.9 Å². The number of carbonyl (C=O) groups excluding carboxylic acids is 3. The van der Waals surface area contributed by atoms with Crippen molar-refractivity contribution >= 4 is 40.4 Å². The van der Waals surface area contributed by atoms with Crippen LogP contribution in [0.25, 0.3) is 6.08 Å². The van der Waals surface area contributed by atoms with Gasteiger partial charge in [0, 0.05) is 29.9 Å². The molecule has 1 saturated heterocycles.